The molecule has 8 heteroatoms. The molecule has 0 radical (unpaired) electrons. The molecule has 0 bridgehead atoms. The molecule has 0 saturated carbocycles. The minimum atomic E-state index is -4.34. The number of nitrogens with zero attached hydrogens (tertiary/aromatic N) is 1. The number of rotatable bonds is 5. The second-order valence-corrected chi connectivity index (χ2v) is 12.7. The van der Waals surface area contributed by atoms with Gasteiger partial charge in [-0.15, -0.1) is 0 Å². The van der Waals surface area contributed by atoms with Gasteiger partial charge in [0.1, 0.15) is 7.05 Å². The number of carbonyl (C=O) groups excluding carboxylic acids is 1. The first-order valence-electron chi connectivity index (χ1n) is 13.0. The Morgan fingerprint density at radius 1 is 0.925 bits per heavy atom. The molecule has 2 heterocycles. The van der Waals surface area contributed by atoms with Crippen molar-refractivity contribution in [2.75, 3.05) is 19.5 Å². The first kappa shape index (κ1) is 27.6. The van der Waals surface area contributed by atoms with Gasteiger partial charge >= 0.3 is 5.97 Å². The molecule has 0 aromatic heterocycles. The van der Waals surface area contributed by atoms with Gasteiger partial charge in [-0.25, -0.2) is 4.79 Å². The summed E-state index contributed by atoms with van der Waals surface area (Å²) in [5.41, 5.74) is 7.36. The fraction of sp³-hybridized carbons (Fsp3) is 0.250. The van der Waals surface area contributed by atoms with Crippen molar-refractivity contribution in [1.82, 2.24) is 0 Å². The molecule has 0 spiro atoms. The minimum Gasteiger partial charge on any atom is -0.465 e. The molecule has 0 atom stereocenters. The summed E-state index contributed by atoms with van der Waals surface area (Å²) in [5.74, 6) is -0.402. The van der Waals surface area contributed by atoms with Crippen LogP contribution in [-0.2, 0) is 25.7 Å². The predicted octanol–water partition coefficient (Wildman–Crippen LogP) is 6.10. The van der Waals surface area contributed by atoms with Crippen molar-refractivity contribution < 1.29 is 27.1 Å². The number of hydrogen-bond acceptors (Lipinski definition) is 5. The van der Waals surface area contributed by atoms with E-state index in [4.69, 9.17) is 4.74 Å². The minimum absolute atomic E-state index is 0.140. The highest BCUT2D eigenvalue weighted by atomic mass is 32.2. The fourth-order valence-corrected chi connectivity index (χ4v) is 6.17. The second kappa shape index (κ2) is 9.57. The maximum atomic E-state index is 12.1. The van der Waals surface area contributed by atoms with Crippen LogP contribution in [-0.4, -0.2) is 43.4 Å². The van der Waals surface area contributed by atoms with Crippen LogP contribution in [0.3, 0.4) is 0 Å². The Kier molecular flexibility index (Phi) is 6.59. The molecule has 2 aliphatic heterocycles. The number of ether oxygens (including phenoxy) is 1. The Morgan fingerprint density at radius 3 is 2.20 bits per heavy atom. The van der Waals surface area contributed by atoms with E-state index in [1.807, 2.05) is 32.0 Å². The third-order valence-corrected chi connectivity index (χ3v) is 8.93. The zero-order valence-corrected chi connectivity index (χ0v) is 24.3. The van der Waals surface area contributed by atoms with Crippen molar-refractivity contribution in [3.63, 3.8) is 0 Å². The molecule has 0 aliphatic carbocycles. The van der Waals surface area contributed by atoms with Gasteiger partial charge in [0, 0.05) is 34.5 Å². The summed E-state index contributed by atoms with van der Waals surface area (Å²) in [6, 6.07) is 20.2. The monoisotopic (exact) mass is 557 g/mol. The van der Waals surface area contributed by atoms with E-state index in [0.717, 1.165) is 39.5 Å². The van der Waals surface area contributed by atoms with Crippen LogP contribution >= 0.6 is 0 Å². The standard InChI is InChI=1S/C32H32N2O5S/c1-31(2)25-19-23(40(36,37)38)15-16-26(25)33-28(31)17-22(20-11-13-21(14-12-20)30(35)39-6)18-29-32(3,4)24-9-7-8-10-27(24)34(29)5/h7-19H,1-6H3,(H,36,37,38)/p+1. The van der Waals surface area contributed by atoms with Crippen LogP contribution in [0, 0.1) is 0 Å². The zero-order chi connectivity index (χ0) is 29.0. The molecule has 0 amide bonds. The summed E-state index contributed by atoms with van der Waals surface area (Å²) >= 11 is 0. The number of hydrogen-bond donors (Lipinski definition) is 2. The van der Waals surface area contributed by atoms with Gasteiger partial charge in [-0.1, -0.05) is 44.2 Å². The number of para-hydroxylation sites is 1. The van der Waals surface area contributed by atoms with Crippen LogP contribution in [0.4, 0.5) is 11.4 Å². The highest BCUT2D eigenvalue weighted by Crippen LogP contribution is 2.45. The van der Waals surface area contributed by atoms with Crippen LogP contribution in [0.25, 0.3) is 5.57 Å². The Labute approximate surface area is 235 Å². The lowest BCUT2D eigenvalue weighted by Crippen LogP contribution is -2.27. The molecule has 7 nitrogen and oxygen atoms in total. The van der Waals surface area contributed by atoms with E-state index in [9.17, 15) is 17.8 Å². The van der Waals surface area contributed by atoms with Gasteiger partial charge < -0.3 is 10.1 Å². The van der Waals surface area contributed by atoms with Crippen molar-refractivity contribution in [2.24, 2.45) is 0 Å². The topological polar surface area (TPSA) is 95.7 Å². The molecular weight excluding hydrogens is 524 g/mol. The van der Waals surface area contributed by atoms with Gasteiger partial charge in [0.2, 0.25) is 5.69 Å². The molecule has 206 valence electrons. The number of benzene rings is 3. The highest BCUT2D eigenvalue weighted by Gasteiger charge is 2.43. The maximum absolute atomic E-state index is 12.1. The Balaban J connectivity index is 1.67. The highest BCUT2D eigenvalue weighted by molar-refractivity contribution is 7.85. The van der Waals surface area contributed by atoms with E-state index in [-0.39, 0.29) is 10.3 Å². The van der Waals surface area contributed by atoms with Gasteiger partial charge in [-0.2, -0.15) is 13.0 Å². The van der Waals surface area contributed by atoms with Crippen LogP contribution in [0.1, 0.15) is 54.7 Å². The smallest absolute Gasteiger partial charge is 0.337 e. The molecule has 3 aromatic carbocycles. The molecule has 2 N–H and O–H groups in total. The van der Waals surface area contributed by atoms with Crippen molar-refractivity contribution in [3.8, 4) is 0 Å². The number of esters is 1. The molecule has 0 fully saturated rings. The number of nitrogens with one attached hydrogen (secondary N) is 1. The molecule has 2 aliphatic rings. The SMILES string of the molecule is COC(=O)c1ccc(C(=C\C2=[N+](C)c3ccccc3C2(C)C)/C=C2\Nc3ccc(S(=O)(=O)O)cc3C2(C)C)cc1. The van der Waals surface area contributed by atoms with Crippen molar-refractivity contribution in [3.05, 3.63) is 107 Å². The van der Waals surface area contributed by atoms with E-state index in [0.29, 0.717) is 5.56 Å². The van der Waals surface area contributed by atoms with E-state index >= 15 is 0 Å². The van der Waals surface area contributed by atoms with Crippen molar-refractivity contribution >= 4 is 38.7 Å². The van der Waals surface area contributed by atoms with E-state index in [1.54, 1.807) is 18.2 Å². The molecule has 3 aromatic rings. The van der Waals surface area contributed by atoms with E-state index in [2.05, 4.69) is 61.1 Å². The van der Waals surface area contributed by atoms with Gasteiger partial charge in [0.05, 0.1) is 23.0 Å². The zero-order valence-electron chi connectivity index (χ0n) is 23.4. The van der Waals surface area contributed by atoms with Gasteiger partial charge in [-0.3, -0.25) is 4.55 Å². The maximum Gasteiger partial charge on any atom is 0.337 e. The van der Waals surface area contributed by atoms with Gasteiger partial charge in [0.15, 0.2) is 5.71 Å². The summed E-state index contributed by atoms with van der Waals surface area (Å²) in [6.45, 7) is 8.43. The van der Waals surface area contributed by atoms with Crippen molar-refractivity contribution in [1.29, 1.82) is 0 Å². The summed E-state index contributed by atoms with van der Waals surface area (Å²) in [5, 5.41) is 3.46. The largest absolute Gasteiger partial charge is 0.465 e. The van der Waals surface area contributed by atoms with Crippen LogP contribution < -0.4 is 5.32 Å². The Morgan fingerprint density at radius 2 is 1.57 bits per heavy atom. The molecular formula is C32H33N2O5S+. The van der Waals surface area contributed by atoms with Crippen LogP contribution in [0.15, 0.2) is 89.5 Å². The van der Waals surface area contributed by atoms with Crippen molar-refractivity contribution in [2.45, 2.75) is 43.4 Å². The quantitative estimate of drug-likeness (QED) is 0.224. The lowest BCUT2D eigenvalue weighted by molar-refractivity contribution is -0.401. The average Bonchev–Trinajstić information content (AvgIpc) is 3.28. The van der Waals surface area contributed by atoms with Gasteiger partial charge in [-0.05, 0) is 67.0 Å². The lowest BCUT2D eigenvalue weighted by atomic mass is 9.80. The molecule has 5 rings (SSSR count). The number of allylic oxidation sites excluding steroid dienone is 4. The molecule has 0 saturated heterocycles. The summed E-state index contributed by atoms with van der Waals surface area (Å²) in [4.78, 5) is 11.9. The fourth-order valence-electron chi connectivity index (χ4n) is 5.66. The third-order valence-electron chi connectivity index (χ3n) is 8.08. The normalized spacial score (nSPS) is 18.4. The predicted molar refractivity (Wildman–Crippen MR) is 157 cm³/mol. The summed E-state index contributed by atoms with van der Waals surface area (Å²) < 4.78 is 40.4. The average molecular weight is 558 g/mol. The van der Waals surface area contributed by atoms with Gasteiger partial charge in [0.25, 0.3) is 10.1 Å². The first-order chi connectivity index (χ1) is 18.7. The first-order valence-corrected chi connectivity index (χ1v) is 14.4. The number of methoxy groups -OCH3 is 1. The lowest BCUT2D eigenvalue weighted by Gasteiger charge is -2.22. The van der Waals surface area contributed by atoms with E-state index < -0.39 is 21.5 Å². The number of carbonyl (C=O) groups is 1. The number of fused-ring (bicyclic) bond motifs is 2. The third kappa shape index (κ3) is 4.57. The number of anilines is 1. The Bertz CT molecular complexity index is 1740. The van der Waals surface area contributed by atoms with E-state index in [1.165, 1.54) is 24.8 Å². The molecule has 0 unspecified atom stereocenters. The van der Waals surface area contributed by atoms with Crippen LogP contribution in [0.2, 0.25) is 0 Å². The molecule has 40 heavy (non-hydrogen) atoms. The van der Waals surface area contributed by atoms with Crippen LogP contribution in [0.5, 0.6) is 0 Å². The summed E-state index contributed by atoms with van der Waals surface area (Å²) in [6.07, 6.45) is 4.24. The summed E-state index contributed by atoms with van der Waals surface area (Å²) in [7, 11) is -0.915. The second-order valence-electron chi connectivity index (χ2n) is 11.2. The Hall–Kier alpha value is -4.01.